The van der Waals surface area contributed by atoms with E-state index < -0.39 is 20.0 Å². The Morgan fingerprint density at radius 1 is 0.465 bits per heavy atom. The van der Waals surface area contributed by atoms with Gasteiger partial charge in [0.15, 0.2) is 0 Å². The van der Waals surface area contributed by atoms with Crippen LogP contribution in [0.5, 0.6) is 0 Å². The van der Waals surface area contributed by atoms with Crippen molar-refractivity contribution in [3.05, 3.63) is 48.6 Å². The van der Waals surface area contributed by atoms with Gasteiger partial charge in [0, 0.05) is 6.42 Å². The molecule has 0 radical (unpaired) electrons. The Morgan fingerprint density at radius 3 is 1.13 bits per heavy atom. The van der Waals surface area contributed by atoms with Gasteiger partial charge in [0.05, 0.1) is 39.9 Å². The summed E-state index contributed by atoms with van der Waals surface area (Å²) in [7, 11) is 1.55. The zero-order chi connectivity index (χ0) is 52.0. The van der Waals surface area contributed by atoms with Gasteiger partial charge in [0.2, 0.25) is 5.91 Å². The number of carbonyl (C=O) groups is 1. The maximum atomic E-state index is 13.0. The Balaban J connectivity index is 4.24. The van der Waals surface area contributed by atoms with Crippen molar-refractivity contribution in [1.29, 1.82) is 0 Å². The SMILES string of the molecule is CCCCCCCCCC/C=C\CCCCCCCCCCCC(=O)NC(COP(=O)(O)OCC[N+](C)(C)C)C(O)/C=C/CC/C=C/CC/C=C/CCCCCCCCCCCCCCCCCCCC. The van der Waals surface area contributed by atoms with Crippen LogP contribution in [0.15, 0.2) is 48.6 Å². The number of aliphatic hydroxyl groups excluding tert-OH is 1. The van der Waals surface area contributed by atoms with Crippen LogP contribution in [0, 0.1) is 0 Å². The summed E-state index contributed by atoms with van der Waals surface area (Å²) in [6.45, 7) is 4.82. The smallest absolute Gasteiger partial charge is 0.387 e. The molecule has 0 aromatic heterocycles. The number of rotatable bonds is 56. The Kier molecular flexibility index (Phi) is 52.1. The molecule has 0 fully saturated rings. The van der Waals surface area contributed by atoms with E-state index in [0.717, 1.165) is 44.9 Å². The first kappa shape index (κ1) is 69.5. The van der Waals surface area contributed by atoms with E-state index in [0.29, 0.717) is 17.4 Å². The molecule has 9 heteroatoms. The fraction of sp³-hybridized carbons (Fsp3) is 0.855. The van der Waals surface area contributed by atoms with E-state index in [9.17, 15) is 19.4 Å². The van der Waals surface area contributed by atoms with Gasteiger partial charge in [-0.1, -0.05) is 262 Å². The number of aliphatic hydroxyl groups is 1. The highest BCUT2D eigenvalue weighted by atomic mass is 31.2. The maximum Gasteiger partial charge on any atom is 0.472 e. The molecule has 0 aromatic rings. The maximum absolute atomic E-state index is 13.0. The lowest BCUT2D eigenvalue weighted by atomic mass is 10.0. The van der Waals surface area contributed by atoms with E-state index in [1.54, 1.807) is 6.08 Å². The molecular weight excluding hydrogens is 900 g/mol. The molecule has 0 bridgehead atoms. The molecule has 8 nitrogen and oxygen atoms in total. The number of amides is 1. The van der Waals surface area contributed by atoms with Gasteiger partial charge < -0.3 is 19.8 Å². The largest absolute Gasteiger partial charge is 0.472 e. The normalized spacial score (nSPS) is 14.2. The van der Waals surface area contributed by atoms with Crippen molar-refractivity contribution in [2.45, 2.75) is 302 Å². The molecule has 418 valence electrons. The summed E-state index contributed by atoms with van der Waals surface area (Å²) in [4.78, 5) is 23.3. The zero-order valence-corrected chi connectivity index (χ0v) is 48.6. The molecule has 3 unspecified atom stereocenters. The second kappa shape index (κ2) is 53.3. The number of hydrogen-bond acceptors (Lipinski definition) is 5. The molecule has 0 aromatic carbocycles. The molecule has 0 saturated heterocycles. The first-order valence-electron chi connectivity index (χ1n) is 30.5. The predicted octanol–water partition coefficient (Wildman–Crippen LogP) is 18.7. The predicted molar refractivity (Wildman–Crippen MR) is 309 cm³/mol. The van der Waals surface area contributed by atoms with Crippen LogP contribution in [0.4, 0.5) is 0 Å². The minimum Gasteiger partial charge on any atom is -0.387 e. The second-order valence-electron chi connectivity index (χ2n) is 22.1. The van der Waals surface area contributed by atoms with Crippen molar-refractivity contribution >= 4 is 13.7 Å². The first-order valence-corrected chi connectivity index (χ1v) is 32.0. The fourth-order valence-corrected chi connectivity index (χ4v) is 9.69. The topological polar surface area (TPSA) is 105 Å². The molecule has 0 aliphatic carbocycles. The Bertz CT molecular complexity index is 1290. The lowest BCUT2D eigenvalue weighted by Crippen LogP contribution is -2.45. The molecule has 0 aliphatic heterocycles. The third-order valence-corrected chi connectivity index (χ3v) is 14.7. The summed E-state index contributed by atoms with van der Waals surface area (Å²) < 4.78 is 23.7. The van der Waals surface area contributed by atoms with Crippen molar-refractivity contribution in [2.24, 2.45) is 0 Å². The van der Waals surface area contributed by atoms with Gasteiger partial charge in [-0.15, -0.1) is 0 Å². The van der Waals surface area contributed by atoms with E-state index in [2.05, 4.69) is 55.6 Å². The summed E-state index contributed by atoms with van der Waals surface area (Å²) in [6.07, 6.45) is 70.9. The Morgan fingerprint density at radius 2 is 0.775 bits per heavy atom. The van der Waals surface area contributed by atoms with Crippen molar-refractivity contribution < 1.29 is 32.9 Å². The van der Waals surface area contributed by atoms with Crippen molar-refractivity contribution in [3.63, 3.8) is 0 Å². The number of phosphoric acid groups is 1. The number of phosphoric ester groups is 1. The molecule has 0 spiro atoms. The number of allylic oxidation sites excluding steroid dienone is 7. The first-order chi connectivity index (χ1) is 34.5. The molecule has 71 heavy (non-hydrogen) atoms. The van der Waals surface area contributed by atoms with Crippen LogP contribution in [-0.4, -0.2) is 73.4 Å². The summed E-state index contributed by atoms with van der Waals surface area (Å²) in [5, 5.41) is 13.9. The highest BCUT2D eigenvalue weighted by Gasteiger charge is 2.27. The molecule has 0 rings (SSSR count). The average Bonchev–Trinajstić information content (AvgIpc) is 3.33. The van der Waals surface area contributed by atoms with Crippen molar-refractivity contribution in [3.8, 4) is 0 Å². The highest BCUT2D eigenvalue weighted by molar-refractivity contribution is 7.47. The summed E-state index contributed by atoms with van der Waals surface area (Å²) in [6, 6.07) is -0.872. The van der Waals surface area contributed by atoms with Crippen LogP contribution in [0.2, 0.25) is 0 Å². The lowest BCUT2D eigenvalue weighted by molar-refractivity contribution is -0.870. The molecule has 0 heterocycles. The van der Waals surface area contributed by atoms with Gasteiger partial charge in [-0.2, -0.15) is 0 Å². The van der Waals surface area contributed by atoms with Crippen LogP contribution in [0.25, 0.3) is 0 Å². The molecule has 1 amide bonds. The van der Waals surface area contributed by atoms with Gasteiger partial charge in [0.1, 0.15) is 13.2 Å². The standard InChI is InChI=1S/C62H119N2O6P/c1-6-8-10-12-14-16-18-20-22-24-26-28-29-30-31-32-33-34-36-37-39-41-43-45-47-49-51-53-55-61(65)60(59-70-71(67,68)69-58-57-64(3,4)5)63-62(66)56-54-52-50-48-46-44-42-40-38-35-27-25-23-21-19-17-15-13-11-9-7-2/h25,27,37,39,45,47,53,55,60-61,65H,6-24,26,28-36,38,40-44,46,48-52,54,56-59H2,1-5H3,(H-,63,66,67,68)/p+1/b27-25-,39-37+,47-45+,55-53+. The molecule has 0 saturated carbocycles. The lowest BCUT2D eigenvalue weighted by Gasteiger charge is -2.25. The van der Waals surface area contributed by atoms with Gasteiger partial charge >= 0.3 is 7.82 Å². The van der Waals surface area contributed by atoms with E-state index in [1.165, 1.54) is 225 Å². The van der Waals surface area contributed by atoms with E-state index in [-0.39, 0.29) is 19.1 Å². The third kappa shape index (κ3) is 56.0. The second-order valence-corrected chi connectivity index (χ2v) is 23.5. The highest BCUT2D eigenvalue weighted by Crippen LogP contribution is 2.43. The van der Waals surface area contributed by atoms with Gasteiger partial charge in [-0.05, 0) is 70.6 Å². The average molecular weight is 1020 g/mol. The third-order valence-electron chi connectivity index (χ3n) is 13.7. The number of hydrogen-bond donors (Lipinski definition) is 3. The molecular formula is C62H120N2O6P+. The number of quaternary nitrogens is 1. The van der Waals surface area contributed by atoms with Gasteiger partial charge in [-0.25, -0.2) is 4.57 Å². The number of nitrogens with zero attached hydrogens (tertiary/aromatic N) is 1. The molecule has 3 N–H and O–H groups in total. The number of nitrogens with one attached hydrogen (secondary N) is 1. The van der Waals surface area contributed by atoms with Gasteiger partial charge in [-0.3, -0.25) is 13.8 Å². The van der Waals surface area contributed by atoms with Crippen LogP contribution < -0.4 is 5.32 Å². The number of carbonyl (C=O) groups excluding carboxylic acids is 1. The Hall–Kier alpha value is -1.54. The Labute approximate surface area is 441 Å². The fourth-order valence-electron chi connectivity index (χ4n) is 8.95. The monoisotopic (exact) mass is 1020 g/mol. The molecule has 3 atom stereocenters. The molecule has 0 aliphatic rings. The van der Waals surface area contributed by atoms with Crippen LogP contribution in [0.1, 0.15) is 290 Å². The summed E-state index contributed by atoms with van der Waals surface area (Å²) in [5.41, 5.74) is 0. The van der Waals surface area contributed by atoms with Crippen molar-refractivity contribution in [1.82, 2.24) is 5.32 Å². The van der Waals surface area contributed by atoms with Crippen LogP contribution >= 0.6 is 7.82 Å². The van der Waals surface area contributed by atoms with Crippen LogP contribution in [-0.2, 0) is 18.4 Å². The summed E-state index contributed by atoms with van der Waals surface area (Å²) in [5.74, 6) is -0.191. The van der Waals surface area contributed by atoms with E-state index >= 15 is 0 Å². The number of likely N-dealkylation sites (N-methyl/N-ethyl adjacent to an activating group) is 1. The van der Waals surface area contributed by atoms with E-state index in [1.807, 2.05) is 27.2 Å². The van der Waals surface area contributed by atoms with E-state index in [4.69, 9.17) is 9.05 Å². The zero-order valence-electron chi connectivity index (χ0n) is 47.7. The van der Waals surface area contributed by atoms with Gasteiger partial charge in [0.25, 0.3) is 0 Å². The van der Waals surface area contributed by atoms with Crippen LogP contribution in [0.3, 0.4) is 0 Å². The van der Waals surface area contributed by atoms with Crippen molar-refractivity contribution in [2.75, 3.05) is 40.9 Å². The quantitative estimate of drug-likeness (QED) is 0.0243. The number of unbranched alkanes of at least 4 members (excludes halogenated alkanes) is 37. The minimum absolute atomic E-state index is 0.0528. The minimum atomic E-state index is -4.36. The summed E-state index contributed by atoms with van der Waals surface area (Å²) >= 11 is 0.